The molecular formula is C19H18FN3OS. The lowest BCUT2D eigenvalue weighted by Crippen LogP contribution is -2.00. The number of halogens is 1. The predicted molar refractivity (Wildman–Crippen MR) is 101 cm³/mol. The van der Waals surface area contributed by atoms with Crippen LogP contribution in [0.3, 0.4) is 0 Å². The molecule has 0 amide bonds. The van der Waals surface area contributed by atoms with Gasteiger partial charge < -0.3 is 4.74 Å². The minimum atomic E-state index is -0.328. The van der Waals surface area contributed by atoms with Crippen LogP contribution in [0, 0.1) is 5.82 Å². The number of rotatable bonds is 7. The summed E-state index contributed by atoms with van der Waals surface area (Å²) in [5.74, 6) is 0.281. The maximum atomic E-state index is 13.5. The van der Waals surface area contributed by atoms with Gasteiger partial charge in [0.2, 0.25) is 5.13 Å². The number of anilines is 1. The third-order valence-electron chi connectivity index (χ3n) is 3.37. The van der Waals surface area contributed by atoms with E-state index >= 15 is 0 Å². The second-order valence-electron chi connectivity index (χ2n) is 5.30. The molecule has 0 saturated heterocycles. The van der Waals surface area contributed by atoms with E-state index in [4.69, 9.17) is 4.74 Å². The number of nitrogens with one attached hydrogen (secondary N) is 1. The van der Waals surface area contributed by atoms with Gasteiger partial charge in [0, 0.05) is 16.5 Å². The third-order valence-corrected chi connectivity index (χ3v) is 4.12. The summed E-state index contributed by atoms with van der Waals surface area (Å²) in [6, 6.07) is 14.3. The van der Waals surface area contributed by atoms with Crippen molar-refractivity contribution in [1.82, 2.24) is 4.98 Å². The summed E-state index contributed by atoms with van der Waals surface area (Å²) in [5.41, 5.74) is 5.41. The second-order valence-corrected chi connectivity index (χ2v) is 6.16. The van der Waals surface area contributed by atoms with Crippen molar-refractivity contribution in [2.24, 2.45) is 5.10 Å². The molecule has 6 heteroatoms. The Morgan fingerprint density at radius 1 is 1.24 bits per heavy atom. The highest BCUT2D eigenvalue weighted by Gasteiger charge is 2.05. The topological polar surface area (TPSA) is 46.5 Å². The molecule has 0 unspecified atom stereocenters. The predicted octanol–water partition coefficient (Wildman–Crippen LogP) is 5.18. The highest BCUT2D eigenvalue weighted by Crippen LogP contribution is 2.24. The van der Waals surface area contributed by atoms with Gasteiger partial charge in [-0.3, -0.25) is 5.43 Å². The number of hydrogen-bond acceptors (Lipinski definition) is 5. The molecule has 1 heterocycles. The van der Waals surface area contributed by atoms with E-state index in [1.165, 1.54) is 29.7 Å². The van der Waals surface area contributed by atoms with Crippen LogP contribution in [0.2, 0.25) is 0 Å². The number of aromatic nitrogens is 1. The molecule has 3 rings (SSSR count). The van der Waals surface area contributed by atoms with Gasteiger partial charge in [-0.1, -0.05) is 37.3 Å². The second kappa shape index (κ2) is 8.39. The number of hydrogen-bond donors (Lipinski definition) is 1. The lowest BCUT2D eigenvalue weighted by atomic mass is 10.2. The number of ether oxygens (including phenoxy) is 1. The van der Waals surface area contributed by atoms with Crippen LogP contribution in [0.25, 0.3) is 11.3 Å². The Labute approximate surface area is 150 Å². The van der Waals surface area contributed by atoms with E-state index in [2.05, 4.69) is 15.5 Å². The highest BCUT2D eigenvalue weighted by atomic mass is 32.1. The Bertz CT molecular complexity index is 849. The summed E-state index contributed by atoms with van der Waals surface area (Å²) in [6.45, 7) is 2.60. The minimum absolute atomic E-state index is 0.328. The smallest absolute Gasteiger partial charge is 0.203 e. The van der Waals surface area contributed by atoms with Crippen molar-refractivity contribution in [3.8, 4) is 17.0 Å². The quantitative estimate of drug-likeness (QED) is 0.469. The van der Waals surface area contributed by atoms with E-state index in [1.807, 2.05) is 42.6 Å². The minimum Gasteiger partial charge on any atom is -0.493 e. The van der Waals surface area contributed by atoms with E-state index in [9.17, 15) is 4.39 Å². The fourth-order valence-electron chi connectivity index (χ4n) is 2.19. The van der Waals surface area contributed by atoms with Gasteiger partial charge >= 0.3 is 0 Å². The molecule has 4 nitrogen and oxygen atoms in total. The summed E-state index contributed by atoms with van der Waals surface area (Å²) in [4.78, 5) is 4.49. The standard InChI is InChI=1S/C19H18FN3OS/c1-2-10-24-18-9-8-16(20)11-15(18)12-21-23-19-22-17(13-25-19)14-6-4-3-5-7-14/h3-9,11-13H,2,10H2,1H3,(H,22,23). The molecule has 3 aromatic rings. The van der Waals surface area contributed by atoms with Crippen molar-refractivity contribution >= 4 is 22.7 Å². The summed E-state index contributed by atoms with van der Waals surface area (Å²) >= 11 is 1.46. The average Bonchev–Trinajstić information content (AvgIpc) is 3.11. The molecule has 0 radical (unpaired) electrons. The van der Waals surface area contributed by atoms with Gasteiger partial charge in [0.05, 0.1) is 18.5 Å². The van der Waals surface area contributed by atoms with E-state index < -0.39 is 0 Å². The molecule has 0 fully saturated rings. The van der Waals surface area contributed by atoms with Crippen LogP contribution in [0.4, 0.5) is 9.52 Å². The number of benzene rings is 2. The largest absolute Gasteiger partial charge is 0.493 e. The van der Waals surface area contributed by atoms with Crippen molar-refractivity contribution in [1.29, 1.82) is 0 Å². The molecule has 25 heavy (non-hydrogen) atoms. The molecule has 1 N–H and O–H groups in total. The van der Waals surface area contributed by atoms with Crippen molar-refractivity contribution in [3.05, 3.63) is 65.3 Å². The molecule has 2 aromatic carbocycles. The van der Waals surface area contributed by atoms with Crippen LogP contribution in [-0.2, 0) is 0 Å². The average molecular weight is 355 g/mol. The van der Waals surface area contributed by atoms with Crippen LogP contribution in [0.5, 0.6) is 5.75 Å². The summed E-state index contributed by atoms with van der Waals surface area (Å²) in [7, 11) is 0. The Kier molecular flexibility index (Phi) is 5.74. The Hall–Kier alpha value is -2.73. The number of nitrogens with zero attached hydrogens (tertiary/aromatic N) is 2. The van der Waals surface area contributed by atoms with Gasteiger partial charge in [0.15, 0.2) is 0 Å². The zero-order chi connectivity index (χ0) is 17.5. The normalized spacial score (nSPS) is 11.0. The fourth-order valence-corrected chi connectivity index (χ4v) is 2.86. The molecule has 0 aliphatic heterocycles. The molecule has 0 bridgehead atoms. The van der Waals surface area contributed by atoms with E-state index in [0.29, 0.717) is 23.1 Å². The van der Waals surface area contributed by atoms with Crippen LogP contribution >= 0.6 is 11.3 Å². The summed E-state index contributed by atoms with van der Waals surface area (Å²) in [6.07, 6.45) is 2.42. The first-order chi connectivity index (χ1) is 12.3. The van der Waals surface area contributed by atoms with E-state index in [0.717, 1.165) is 17.7 Å². The van der Waals surface area contributed by atoms with E-state index in [1.54, 1.807) is 6.07 Å². The zero-order valence-corrected chi connectivity index (χ0v) is 14.6. The molecule has 1 aromatic heterocycles. The SMILES string of the molecule is CCCOc1ccc(F)cc1C=NNc1nc(-c2ccccc2)cs1. The van der Waals surface area contributed by atoms with Crippen LogP contribution in [0.1, 0.15) is 18.9 Å². The monoisotopic (exact) mass is 355 g/mol. The van der Waals surface area contributed by atoms with Gasteiger partial charge in [0.25, 0.3) is 0 Å². The first-order valence-corrected chi connectivity index (χ1v) is 8.86. The first kappa shape index (κ1) is 17.1. The van der Waals surface area contributed by atoms with Crippen molar-refractivity contribution in [3.63, 3.8) is 0 Å². The Morgan fingerprint density at radius 3 is 2.88 bits per heavy atom. The van der Waals surface area contributed by atoms with Gasteiger partial charge in [-0.2, -0.15) is 5.10 Å². The highest BCUT2D eigenvalue weighted by molar-refractivity contribution is 7.14. The number of hydrazone groups is 1. The van der Waals surface area contributed by atoms with Gasteiger partial charge in [-0.15, -0.1) is 11.3 Å². The molecule has 0 atom stereocenters. The van der Waals surface area contributed by atoms with Crippen LogP contribution < -0.4 is 10.2 Å². The van der Waals surface area contributed by atoms with Gasteiger partial charge in [-0.25, -0.2) is 9.37 Å². The lowest BCUT2D eigenvalue weighted by Gasteiger charge is -2.07. The molecule has 128 valence electrons. The van der Waals surface area contributed by atoms with Gasteiger partial charge in [0.1, 0.15) is 11.6 Å². The maximum absolute atomic E-state index is 13.5. The van der Waals surface area contributed by atoms with Crippen molar-refractivity contribution in [2.45, 2.75) is 13.3 Å². The van der Waals surface area contributed by atoms with Crippen molar-refractivity contribution in [2.75, 3.05) is 12.0 Å². The fraction of sp³-hybridized carbons (Fsp3) is 0.158. The Balaban J connectivity index is 1.69. The maximum Gasteiger partial charge on any atom is 0.203 e. The molecule has 0 aliphatic carbocycles. The molecule has 0 aliphatic rings. The lowest BCUT2D eigenvalue weighted by molar-refractivity contribution is 0.316. The number of thiazole rings is 1. The first-order valence-electron chi connectivity index (χ1n) is 7.98. The summed E-state index contributed by atoms with van der Waals surface area (Å²) < 4.78 is 19.1. The van der Waals surface area contributed by atoms with Crippen LogP contribution in [0.15, 0.2) is 59.0 Å². The molecule has 0 spiro atoms. The molecular weight excluding hydrogens is 337 g/mol. The zero-order valence-electron chi connectivity index (χ0n) is 13.8. The van der Waals surface area contributed by atoms with E-state index in [-0.39, 0.29) is 5.82 Å². The van der Waals surface area contributed by atoms with Gasteiger partial charge in [-0.05, 0) is 24.6 Å². The van der Waals surface area contributed by atoms with Crippen molar-refractivity contribution < 1.29 is 9.13 Å². The molecule has 0 saturated carbocycles. The third kappa shape index (κ3) is 4.64. The summed E-state index contributed by atoms with van der Waals surface area (Å²) in [5, 5.41) is 6.79. The Morgan fingerprint density at radius 2 is 2.08 bits per heavy atom. The van der Waals surface area contributed by atoms with Crippen LogP contribution in [-0.4, -0.2) is 17.8 Å².